The SMILES string of the molecule is OCc1nnc(-c2ccncc2)n1C1CC1. The van der Waals surface area contributed by atoms with Crippen LogP contribution < -0.4 is 0 Å². The summed E-state index contributed by atoms with van der Waals surface area (Å²) in [5.74, 6) is 1.48. The molecule has 0 aromatic carbocycles. The van der Waals surface area contributed by atoms with Crippen LogP contribution in [0.3, 0.4) is 0 Å². The van der Waals surface area contributed by atoms with E-state index in [0.717, 1.165) is 24.2 Å². The summed E-state index contributed by atoms with van der Waals surface area (Å²) >= 11 is 0. The van der Waals surface area contributed by atoms with E-state index in [1.807, 2.05) is 16.7 Å². The van der Waals surface area contributed by atoms with Gasteiger partial charge in [-0.3, -0.25) is 4.98 Å². The summed E-state index contributed by atoms with van der Waals surface area (Å²) in [6.07, 6.45) is 5.76. The fourth-order valence-corrected chi connectivity index (χ4v) is 1.85. The van der Waals surface area contributed by atoms with Crippen LogP contribution >= 0.6 is 0 Å². The van der Waals surface area contributed by atoms with Crippen LogP contribution in [0.2, 0.25) is 0 Å². The quantitative estimate of drug-likeness (QED) is 0.836. The second-order valence-corrected chi connectivity index (χ2v) is 3.94. The van der Waals surface area contributed by atoms with Crippen molar-refractivity contribution < 1.29 is 5.11 Å². The molecule has 1 N–H and O–H groups in total. The van der Waals surface area contributed by atoms with Crippen molar-refractivity contribution in [3.8, 4) is 11.4 Å². The van der Waals surface area contributed by atoms with Crippen LogP contribution in [0.25, 0.3) is 11.4 Å². The third kappa shape index (κ3) is 1.49. The van der Waals surface area contributed by atoms with Crippen LogP contribution in [-0.2, 0) is 6.61 Å². The molecule has 2 aromatic rings. The summed E-state index contributed by atoms with van der Waals surface area (Å²) in [6.45, 7) is -0.0609. The molecule has 1 aliphatic carbocycles. The van der Waals surface area contributed by atoms with Gasteiger partial charge < -0.3 is 9.67 Å². The molecular weight excluding hydrogens is 204 g/mol. The third-order valence-corrected chi connectivity index (χ3v) is 2.76. The first kappa shape index (κ1) is 9.47. The van der Waals surface area contributed by atoms with Gasteiger partial charge in [-0.2, -0.15) is 0 Å². The van der Waals surface area contributed by atoms with Crippen LogP contribution in [-0.4, -0.2) is 24.9 Å². The maximum atomic E-state index is 9.22. The number of aliphatic hydroxyl groups is 1. The minimum absolute atomic E-state index is 0.0609. The highest BCUT2D eigenvalue weighted by molar-refractivity contribution is 5.54. The number of hydrogen-bond acceptors (Lipinski definition) is 4. The lowest BCUT2D eigenvalue weighted by Gasteiger charge is -2.06. The van der Waals surface area contributed by atoms with Gasteiger partial charge in [0, 0.05) is 24.0 Å². The number of nitrogens with zero attached hydrogens (tertiary/aromatic N) is 4. The summed E-state index contributed by atoms with van der Waals surface area (Å²) < 4.78 is 2.04. The number of rotatable bonds is 3. The molecule has 0 amide bonds. The Balaban J connectivity index is 2.10. The molecule has 0 aliphatic heterocycles. The van der Waals surface area contributed by atoms with E-state index in [-0.39, 0.29) is 6.61 Å². The highest BCUT2D eigenvalue weighted by Gasteiger charge is 2.29. The van der Waals surface area contributed by atoms with Gasteiger partial charge in [0.05, 0.1) is 0 Å². The zero-order valence-corrected chi connectivity index (χ0v) is 8.74. The number of aliphatic hydroxyl groups excluding tert-OH is 1. The van der Waals surface area contributed by atoms with Gasteiger partial charge in [-0.05, 0) is 25.0 Å². The minimum Gasteiger partial charge on any atom is -0.388 e. The van der Waals surface area contributed by atoms with Crippen molar-refractivity contribution in [3.63, 3.8) is 0 Å². The predicted molar refractivity (Wildman–Crippen MR) is 57.4 cm³/mol. The first-order chi connectivity index (χ1) is 7.90. The topological polar surface area (TPSA) is 63.8 Å². The molecule has 5 heteroatoms. The maximum absolute atomic E-state index is 9.22. The Morgan fingerprint density at radius 1 is 1.25 bits per heavy atom. The molecule has 3 rings (SSSR count). The lowest BCUT2D eigenvalue weighted by molar-refractivity contribution is 0.265. The molecule has 0 spiro atoms. The summed E-state index contributed by atoms with van der Waals surface area (Å²) in [4.78, 5) is 3.98. The molecule has 2 heterocycles. The van der Waals surface area contributed by atoms with Gasteiger partial charge in [-0.1, -0.05) is 0 Å². The van der Waals surface area contributed by atoms with Crippen molar-refractivity contribution in [1.82, 2.24) is 19.7 Å². The van der Waals surface area contributed by atoms with Crippen LogP contribution in [0.4, 0.5) is 0 Å². The zero-order valence-electron chi connectivity index (χ0n) is 8.74. The van der Waals surface area contributed by atoms with E-state index in [2.05, 4.69) is 15.2 Å². The van der Waals surface area contributed by atoms with Gasteiger partial charge in [-0.15, -0.1) is 10.2 Å². The maximum Gasteiger partial charge on any atom is 0.164 e. The lowest BCUT2D eigenvalue weighted by atomic mass is 10.2. The van der Waals surface area contributed by atoms with Crippen LogP contribution in [0.1, 0.15) is 24.7 Å². The van der Waals surface area contributed by atoms with Crippen molar-refractivity contribution in [3.05, 3.63) is 30.4 Å². The fraction of sp³-hybridized carbons (Fsp3) is 0.364. The molecule has 0 radical (unpaired) electrons. The van der Waals surface area contributed by atoms with Crippen molar-refractivity contribution in [2.75, 3.05) is 0 Å². The smallest absolute Gasteiger partial charge is 0.164 e. The molecule has 16 heavy (non-hydrogen) atoms. The molecule has 1 saturated carbocycles. The average Bonchev–Trinajstić information content (AvgIpc) is 3.09. The summed E-state index contributed by atoms with van der Waals surface area (Å²) in [7, 11) is 0. The van der Waals surface area contributed by atoms with Crippen LogP contribution in [0, 0.1) is 0 Å². The predicted octanol–water partition coefficient (Wildman–Crippen LogP) is 1.17. The van der Waals surface area contributed by atoms with Crippen molar-refractivity contribution in [2.24, 2.45) is 0 Å². The average molecular weight is 216 g/mol. The highest BCUT2D eigenvalue weighted by Crippen LogP contribution is 2.38. The molecule has 1 aliphatic rings. The first-order valence-electron chi connectivity index (χ1n) is 5.35. The van der Waals surface area contributed by atoms with Gasteiger partial charge in [-0.25, -0.2) is 0 Å². The summed E-state index contributed by atoms with van der Waals surface area (Å²) in [6, 6.07) is 4.27. The number of hydrogen-bond donors (Lipinski definition) is 1. The van der Waals surface area contributed by atoms with E-state index in [9.17, 15) is 5.11 Å². The van der Waals surface area contributed by atoms with E-state index < -0.39 is 0 Å². The zero-order chi connectivity index (χ0) is 11.0. The summed E-state index contributed by atoms with van der Waals surface area (Å²) in [5.41, 5.74) is 0.995. The molecule has 0 bridgehead atoms. The number of pyridine rings is 1. The molecule has 82 valence electrons. The molecule has 0 atom stereocenters. The monoisotopic (exact) mass is 216 g/mol. The largest absolute Gasteiger partial charge is 0.388 e. The van der Waals surface area contributed by atoms with Crippen molar-refractivity contribution >= 4 is 0 Å². The Morgan fingerprint density at radius 2 is 2.00 bits per heavy atom. The van der Waals surface area contributed by atoms with Crippen molar-refractivity contribution in [1.29, 1.82) is 0 Å². The van der Waals surface area contributed by atoms with Crippen molar-refractivity contribution in [2.45, 2.75) is 25.5 Å². The van der Waals surface area contributed by atoms with E-state index in [1.54, 1.807) is 12.4 Å². The van der Waals surface area contributed by atoms with E-state index >= 15 is 0 Å². The number of aromatic nitrogens is 4. The van der Waals surface area contributed by atoms with Crippen LogP contribution in [0.15, 0.2) is 24.5 Å². The Labute approximate surface area is 92.8 Å². The molecular formula is C11H12N4O. The Kier molecular flexibility index (Phi) is 2.18. The first-order valence-corrected chi connectivity index (χ1v) is 5.35. The highest BCUT2D eigenvalue weighted by atomic mass is 16.3. The molecule has 0 unspecified atom stereocenters. The normalized spacial score (nSPS) is 15.3. The van der Waals surface area contributed by atoms with Gasteiger partial charge in [0.25, 0.3) is 0 Å². The van der Waals surface area contributed by atoms with Gasteiger partial charge in [0.15, 0.2) is 11.6 Å². The standard InChI is InChI=1S/C11H12N4O/c16-7-10-13-14-11(15(10)9-1-2-9)8-3-5-12-6-4-8/h3-6,9,16H,1-2,7H2. The fourth-order valence-electron chi connectivity index (χ4n) is 1.85. The summed E-state index contributed by atoms with van der Waals surface area (Å²) in [5, 5.41) is 17.4. The van der Waals surface area contributed by atoms with E-state index in [0.29, 0.717) is 11.9 Å². The minimum atomic E-state index is -0.0609. The Morgan fingerprint density at radius 3 is 2.62 bits per heavy atom. The molecule has 2 aromatic heterocycles. The van der Waals surface area contributed by atoms with E-state index in [1.165, 1.54) is 0 Å². The Bertz CT molecular complexity index is 490. The van der Waals surface area contributed by atoms with Gasteiger partial charge in [0.2, 0.25) is 0 Å². The second kappa shape index (κ2) is 3.68. The van der Waals surface area contributed by atoms with Gasteiger partial charge in [0.1, 0.15) is 6.61 Å². The van der Waals surface area contributed by atoms with Crippen LogP contribution in [0.5, 0.6) is 0 Å². The second-order valence-electron chi connectivity index (χ2n) is 3.94. The Hall–Kier alpha value is -1.75. The molecule has 1 fully saturated rings. The third-order valence-electron chi connectivity index (χ3n) is 2.76. The van der Waals surface area contributed by atoms with E-state index in [4.69, 9.17) is 0 Å². The van der Waals surface area contributed by atoms with Gasteiger partial charge >= 0.3 is 0 Å². The molecule has 0 saturated heterocycles. The lowest BCUT2D eigenvalue weighted by Crippen LogP contribution is -2.03. The molecule has 5 nitrogen and oxygen atoms in total.